The predicted molar refractivity (Wildman–Crippen MR) is 101 cm³/mol. The number of fused-ring (bicyclic) bond motifs is 2. The van der Waals surface area contributed by atoms with Crippen molar-refractivity contribution in [3.05, 3.63) is 89.0 Å². The second kappa shape index (κ2) is 6.54. The van der Waals surface area contributed by atoms with Crippen LogP contribution >= 0.6 is 7.82 Å². The SMILES string of the molecule is Cc1ccc(OP2(=O)Oc3ccccc3Cc3ccccc3O2)c(C)c1. The third kappa shape index (κ3) is 3.33. The molecular formula is C21H19O4P. The van der Waals surface area contributed by atoms with Gasteiger partial charge in [-0.2, -0.15) is 4.57 Å². The van der Waals surface area contributed by atoms with Gasteiger partial charge >= 0.3 is 7.82 Å². The van der Waals surface area contributed by atoms with Gasteiger partial charge in [0.1, 0.15) is 17.2 Å². The van der Waals surface area contributed by atoms with Crippen molar-refractivity contribution in [2.75, 3.05) is 0 Å². The molecule has 0 aliphatic carbocycles. The Morgan fingerprint density at radius 1 is 0.846 bits per heavy atom. The van der Waals surface area contributed by atoms with Gasteiger partial charge in [0.2, 0.25) is 0 Å². The zero-order chi connectivity index (χ0) is 18.1. The second-order valence-corrected chi connectivity index (χ2v) is 7.82. The lowest BCUT2D eigenvalue weighted by atomic mass is 10.0. The van der Waals surface area contributed by atoms with Crippen LogP contribution < -0.4 is 13.6 Å². The Morgan fingerprint density at radius 2 is 1.42 bits per heavy atom. The fourth-order valence-corrected chi connectivity index (χ4v) is 4.40. The Hall–Kier alpha value is -2.71. The molecule has 0 saturated heterocycles. The van der Waals surface area contributed by atoms with Crippen LogP contribution in [0.1, 0.15) is 22.3 Å². The van der Waals surface area contributed by atoms with Crippen LogP contribution in [0.4, 0.5) is 0 Å². The van der Waals surface area contributed by atoms with E-state index in [0.717, 1.165) is 22.3 Å². The largest absolute Gasteiger partial charge is 0.647 e. The third-order valence-corrected chi connectivity index (χ3v) is 5.55. The molecule has 0 saturated carbocycles. The maximum atomic E-state index is 13.5. The summed E-state index contributed by atoms with van der Waals surface area (Å²) in [6.07, 6.45) is 0.635. The number of rotatable bonds is 2. The van der Waals surface area contributed by atoms with Crippen LogP contribution in [0.2, 0.25) is 0 Å². The highest BCUT2D eigenvalue weighted by Crippen LogP contribution is 2.53. The molecule has 0 atom stereocenters. The summed E-state index contributed by atoms with van der Waals surface area (Å²) in [5.41, 5.74) is 3.85. The van der Waals surface area contributed by atoms with E-state index in [-0.39, 0.29) is 0 Å². The maximum Gasteiger partial charge on any atom is 0.647 e. The molecule has 0 amide bonds. The average Bonchev–Trinajstić information content (AvgIpc) is 2.59. The summed E-state index contributed by atoms with van der Waals surface area (Å²) in [6, 6.07) is 20.7. The number of para-hydroxylation sites is 2. The maximum absolute atomic E-state index is 13.5. The molecule has 1 heterocycles. The van der Waals surface area contributed by atoms with Gasteiger partial charge in [0.25, 0.3) is 0 Å². The molecule has 4 rings (SSSR count). The van der Waals surface area contributed by atoms with Gasteiger partial charge in [0.05, 0.1) is 0 Å². The number of aryl methyl sites for hydroxylation is 2. The monoisotopic (exact) mass is 366 g/mol. The lowest BCUT2D eigenvalue weighted by Crippen LogP contribution is -2.12. The van der Waals surface area contributed by atoms with Crippen LogP contribution in [0, 0.1) is 13.8 Å². The van der Waals surface area contributed by atoms with Crippen LogP contribution in [-0.4, -0.2) is 0 Å². The summed E-state index contributed by atoms with van der Waals surface area (Å²) < 4.78 is 30.8. The molecule has 0 bridgehead atoms. The van der Waals surface area contributed by atoms with Crippen molar-refractivity contribution < 1.29 is 18.1 Å². The van der Waals surface area contributed by atoms with Crippen molar-refractivity contribution >= 4 is 7.82 Å². The van der Waals surface area contributed by atoms with Crippen LogP contribution in [0.15, 0.2) is 66.7 Å². The van der Waals surface area contributed by atoms with Gasteiger partial charge < -0.3 is 13.6 Å². The molecule has 0 aromatic heterocycles. The Kier molecular flexibility index (Phi) is 4.21. The average molecular weight is 366 g/mol. The molecule has 5 heteroatoms. The molecule has 3 aromatic carbocycles. The van der Waals surface area contributed by atoms with Gasteiger partial charge in [-0.15, -0.1) is 0 Å². The van der Waals surface area contributed by atoms with Gasteiger partial charge in [-0.05, 0) is 48.7 Å². The standard InChI is InChI=1S/C21H19O4P/c1-15-11-12-19(16(2)13-15)23-26(22)24-20-9-5-3-7-17(20)14-18-8-4-6-10-21(18)25-26/h3-13H,14H2,1-2H3. The fraction of sp³-hybridized carbons (Fsp3) is 0.143. The lowest BCUT2D eigenvalue weighted by Gasteiger charge is -2.25. The minimum absolute atomic E-state index is 0.481. The van der Waals surface area contributed by atoms with Gasteiger partial charge in [0, 0.05) is 6.42 Å². The minimum Gasteiger partial charge on any atom is -0.386 e. The highest BCUT2D eigenvalue weighted by molar-refractivity contribution is 7.49. The van der Waals surface area contributed by atoms with E-state index in [2.05, 4.69) is 0 Å². The Labute approximate surface area is 153 Å². The number of hydrogen-bond acceptors (Lipinski definition) is 4. The van der Waals surface area contributed by atoms with Crippen LogP contribution in [0.5, 0.6) is 17.2 Å². The summed E-state index contributed by atoms with van der Waals surface area (Å²) in [6.45, 7) is 3.90. The highest BCUT2D eigenvalue weighted by atomic mass is 31.2. The molecule has 1 aliphatic rings. The smallest absolute Gasteiger partial charge is 0.386 e. The first kappa shape index (κ1) is 16.7. The Balaban J connectivity index is 1.79. The minimum atomic E-state index is -3.91. The molecule has 26 heavy (non-hydrogen) atoms. The van der Waals surface area contributed by atoms with Crippen molar-refractivity contribution in [2.24, 2.45) is 0 Å². The van der Waals surface area contributed by atoms with Gasteiger partial charge in [-0.3, -0.25) is 0 Å². The van der Waals surface area contributed by atoms with E-state index in [1.54, 1.807) is 18.2 Å². The van der Waals surface area contributed by atoms with E-state index in [0.29, 0.717) is 23.7 Å². The molecule has 132 valence electrons. The molecule has 0 N–H and O–H groups in total. The van der Waals surface area contributed by atoms with E-state index in [9.17, 15) is 4.57 Å². The van der Waals surface area contributed by atoms with E-state index in [4.69, 9.17) is 13.6 Å². The number of phosphoric ester groups is 1. The normalized spacial score (nSPS) is 14.7. The first-order valence-corrected chi connectivity index (χ1v) is 9.90. The molecule has 0 unspecified atom stereocenters. The Morgan fingerprint density at radius 3 is 2.00 bits per heavy atom. The molecule has 3 aromatic rings. The lowest BCUT2D eigenvalue weighted by molar-refractivity contribution is 0.293. The van der Waals surface area contributed by atoms with Gasteiger partial charge in [0.15, 0.2) is 0 Å². The second-order valence-electron chi connectivity index (χ2n) is 6.38. The molecular weight excluding hydrogens is 347 g/mol. The summed E-state index contributed by atoms with van der Waals surface area (Å²) in [4.78, 5) is 0. The van der Waals surface area contributed by atoms with Crippen molar-refractivity contribution in [1.29, 1.82) is 0 Å². The quantitative estimate of drug-likeness (QED) is 0.534. The zero-order valence-electron chi connectivity index (χ0n) is 14.6. The van der Waals surface area contributed by atoms with Gasteiger partial charge in [-0.1, -0.05) is 54.1 Å². The third-order valence-electron chi connectivity index (χ3n) is 4.29. The van der Waals surface area contributed by atoms with Crippen LogP contribution in [-0.2, 0) is 11.0 Å². The molecule has 0 radical (unpaired) electrons. The number of hydrogen-bond donors (Lipinski definition) is 0. The fourth-order valence-electron chi connectivity index (χ4n) is 3.00. The van der Waals surface area contributed by atoms with Crippen molar-refractivity contribution in [3.63, 3.8) is 0 Å². The molecule has 1 aliphatic heterocycles. The number of benzene rings is 3. The summed E-state index contributed by atoms with van der Waals surface area (Å²) in [5.74, 6) is 1.50. The van der Waals surface area contributed by atoms with E-state index in [1.807, 2.05) is 62.4 Å². The molecule has 4 nitrogen and oxygen atoms in total. The first-order valence-electron chi connectivity index (χ1n) is 8.44. The number of phosphoric acid groups is 1. The Bertz CT molecular complexity index is 961. The van der Waals surface area contributed by atoms with Crippen LogP contribution in [0.25, 0.3) is 0 Å². The zero-order valence-corrected chi connectivity index (χ0v) is 15.5. The van der Waals surface area contributed by atoms with Gasteiger partial charge in [-0.25, -0.2) is 0 Å². The summed E-state index contributed by atoms with van der Waals surface area (Å²) in [5, 5.41) is 0. The molecule has 0 spiro atoms. The van der Waals surface area contributed by atoms with E-state index < -0.39 is 7.82 Å². The summed E-state index contributed by atoms with van der Waals surface area (Å²) >= 11 is 0. The van der Waals surface area contributed by atoms with Crippen molar-refractivity contribution in [3.8, 4) is 17.2 Å². The van der Waals surface area contributed by atoms with E-state index >= 15 is 0 Å². The van der Waals surface area contributed by atoms with E-state index in [1.165, 1.54) is 0 Å². The van der Waals surface area contributed by atoms with Crippen molar-refractivity contribution in [1.82, 2.24) is 0 Å². The predicted octanol–water partition coefficient (Wildman–Crippen LogP) is 5.85. The summed E-state index contributed by atoms with van der Waals surface area (Å²) in [7, 11) is -3.91. The highest BCUT2D eigenvalue weighted by Gasteiger charge is 2.36. The van der Waals surface area contributed by atoms with Crippen LogP contribution in [0.3, 0.4) is 0 Å². The molecule has 0 fully saturated rings. The van der Waals surface area contributed by atoms with Crippen molar-refractivity contribution in [2.45, 2.75) is 20.3 Å². The first-order chi connectivity index (χ1) is 12.5. The topological polar surface area (TPSA) is 44.8 Å².